The highest BCUT2D eigenvalue weighted by molar-refractivity contribution is 5.21. The second-order valence-electron chi connectivity index (χ2n) is 3.37. The van der Waals surface area contributed by atoms with Crippen molar-refractivity contribution in [2.45, 2.75) is 26.7 Å². The van der Waals surface area contributed by atoms with Crippen LogP contribution < -0.4 is 5.43 Å². The smallest absolute Gasteiger partial charge is 0.181 e. The van der Waals surface area contributed by atoms with Gasteiger partial charge in [-0.3, -0.25) is 4.79 Å². The van der Waals surface area contributed by atoms with Gasteiger partial charge >= 0.3 is 0 Å². The lowest BCUT2D eigenvalue weighted by Gasteiger charge is -1.99. The Hall–Kier alpha value is -1.11. The maximum Gasteiger partial charge on any atom is 0.181 e. The summed E-state index contributed by atoms with van der Waals surface area (Å²) >= 11 is 0. The first-order valence-corrected chi connectivity index (χ1v) is 4.22. The van der Waals surface area contributed by atoms with Crippen molar-refractivity contribution < 1.29 is 0 Å². The Morgan fingerprint density at radius 2 is 1.92 bits per heavy atom. The standard InChI is InChI=1S/C11H14O/c1-8(2)10-6-4-5-9(3)11(12)7-10/h4-8H,1-3H3. The number of hydrogen-bond acceptors (Lipinski definition) is 1. The molecule has 0 radical (unpaired) electrons. The molecule has 0 aliphatic carbocycles. The largest absolute Gasteiger partial charge is 0.290 e. The van der Waals surface area contributed by atoms with Crippen molar-refractivity contribution in [1.29, 1.82) is 0 Å². The summed E-state index contributed by atoms with van der Waals surface area (Å²) in [4.78, 5) is 11.3. The molecule has 0 saturated carbocycles. The van der Waals surface area contributed by atoms with Crippen molar-refractivity contribution in [2.75, 3.05) is 0 Å². The van der Waals surface area contributed by atoms with Crippen LogP contribution >= 0.6 is 0 Å². The van der Waals surface area contributed by atoms with Crippen LogP contribution in [0.25, 0.3) is 0 Å². The van der Waals surface area contributed by atoms with Crippen LogP contribution in [0.15, 0.2) is 29.1 Å². The van der Waals surface area contributed by atoms with E-state index >= 15 is 0 Å². The normalized spacial score (nSPS) is 10.3. The number of hydrogen-bond donors (Lipinski definition) is 0. The van der Waals surface area contributed by atoms with Crippen LogP contribution in [0.3, 0.4) is 0 Å². The van der Waals surface area contributed by atoms with E-state index in [1.165, 1.54) is 0 Å². The summed E-state index contributed by atoms with van der Waals surface area (Å²) < 4.78 is 0. The maximum atomic E-state index is 11.3. The van der Waals surface area contributed by atoms with Gasteiger partial charge in [-0.1, -0.05) is 32.0 Å². The van der Waals surface area contributed by atoms with Crippen LogP contribution in [0.5, 0.6) is 0 Å². The quantitative estimate of drug-likeness (QED) is 0.620. The zero-order valence-electron chi connectivity index (χ0n) is 7.79. The number of rotatable bonds is 1. The molecule has 0 aliphatic heterocycles. The average Bonchev–Trinajstić information content (AvgIpc) is 2.15. The molecule has 1 aromatic rings. The lowest BCUT2D eigenvalue weighted by molar-refractivity contribution is 0.867. The predicted molar refractivity (Wildman–Crippen MR) is 51.5 cm³/mol. The molecule has 1 aromatic carbocycles. The molecular weight excluding hydrogens is 148 g/mol. The highest BCUT2D eigenvalue weighted by Gasteiger charge is 1.98. The third kappa shape index (κ3) is 1.94. The van der Waals surface area contributed by atoms with Gasteiger partial charge in [0.05, 0.1) is 0 Å². The summed E-state index contributed by atoms with van der Waals surface area (Å²) in [7, 11) is 0. The fourth-order valence-electron chi connectivity index (χ4n) is 1.06. The first-order chi connectivity index (χ1) is 5.61. The Morgan fingerprint density at radius 3 is 2.50 bits per heavy atom. The van der Waals surface area contributed by atoms with Gasteiger partial charge in [-0.25, -0.2) is 0 Å². The molecule has 0 heterocycles. The van der Waals surface area contributed by atoms with Crippen molar-refractivity contribution >= 4 is 0 Å². The average molecular weight is 162 g/mol. The predicted octanol–water partition coefficient (Wildman–Crippen LogP) is 2.48. The van der Waals surface area contributed by atoms with Gasteiger partial charge < -0.3 is 0 Å². The van der Waals surface area contributed by atoms with Gasteiger partial charge in [-0.05, 0) is 30.0 Å². The first kappa shape index (κ1) is 8.98. The highest BCUT2D eigenvalue weighted by atomic mass is 16.1. The summed E-state index contributed by atoms with van der Waals surface area (Å²) in [6.45, 7) is 6.01. The SMILES string of the molecule is Cc1cccc(C(C)C)cc1=O. The van der Waals surface area contributed by atoms with Crippen LogP contribution in [0.1, 0.15) is 30.9 Å². The van der Waals surface area contributed by atoms with Crippen LogP contribution in [0.2, 0.25) is 0 Å². The van der Waals surface area contributed by atoms with E-state index < -0.39 is 0 Å². The third-order valence-corrected chi connectivity index (χ3v) is 1.99. The lowest BCUT2D eigenvalue weighted by Crippen LogP contribution is -2.00. The van der Waals surface area contributed by atoms with E-state index in [1.54, 1.807) is 6.07 Å². The monoisotopic (exact) mass is 162 g/mol. The Morgan fingerprint density at radius 1 is 1.25 bits per heavy atom. The van der Waals surface area contributed by atoms with E-state index in [0.717, 1.165) is 11.1 Å². The molecule has 0 saturated heterocycles. The van der Waals surface area contributed by atoms with E-state index in [1.807, 2.05) is 25.1 Å². The Labute approximate surface area is 73.1 Å². The van der Waals surface area contributed by atoms with Gasteiger partial charge in [0.2, 0.25) is 0 Å². The van der Waals surface area contributed by atoms with Crippen molar-refractivity contribution in [3.8, 4) is 0 Å². The summed E-state index contributed by atoms with van der Waals surface area (Å²) in [5.41, 5.74) is 2.04. The second kappa shape index (κ2) is 3.53. The molecule has 0 aromatic heterocycles. The highest BCUT2D eigenvalue weighted by Crippen LogP contribution is 2.10. The molecule has 0 spiro atoms. The molecule has 0 amide bonds. The topological polar surface area (TPSA) is 17.1 Å². The van der Waals surface area contributed by atoms with E-state index in [-0.39, 0.29) is 5.43 Å². The molecule has 12 heavy (non-hydrogen) atoms. The fraction of sp³-hybridized carbons (Fsp3) is 0.364. The molecule has 64 valence electrons. The molecule has 0 aliphatic rings. The fourth-order valence-corrected chi connectivity index (χ4v) is 1.06. The van der Waals surface area contributed by atoms with Crippen LogP contribution in [0, 0.1) is 6.92 Å². The number of aryl methyl sites for hydroxylation is 1. The minimum atomic E-state index is 0.128. The van der Waals surface area contributed by atoms with Crippen molar-refractivity contribution in [1.82, 2.24) is 0 Å². The van der Waals surface area contributed by atoms with Gasteiger partial charge in [0.1, 0.15) is 0 Å². The minimum Gasteiger partial charge on any atom is -0.290 e. The molecule has 1 rings (SSSR count). The van der Waals surface area contributed by atoms with Gasteiger partial charge in [0.25, 0.3) is 0 Å². The van der Waals surface area contributed by atoms with Crippen molar-refractivity contribution in [3.05, 3.63) is 45.6 Å². The zero-order chi connectivity index (χ0) is 9.14. The van der Waals surface area contributed by atoms with Crippen molar-refractivity contribution in [3.63, 3.8) is 0 Å². The minimum absolute atomic E-state index is 0.128. The van der Waals surface area contributed by atoms with E-state index in [2.05, 4.69) is 13.8 Å². The summed E-state index contributed by atoms with van der Waals surface area (Å²) in [5, 5.41) is 0. The molecule has 0 fully saturated rings. The molecule has 0 atom stereocenters. The molecular formula is C11H14O. The maximum absolute atomic E-state index is 11.3. The van der Waals surface area contributed by atoms with Crippen LogP contribution in [-0.4, -0.2) is 0 Å². The molecule has 0 N–H and O–H groups in total. The molecule has 1 heteroatoms. The Balaban J connectivity index is 3.32. The van der Waals surface area contributed by atoms with Gasteiger partial charge in [-0.2, -0.15) is 0 Å². The summed E-state index contributed by atoms with van der Waals surface area (Å²) in [5.74, 6) is 0.421. The molecule has 0 bridgehead atoms. The zero-order valence-corrected chi connectivity index (χ0v) is 7.79. The van der Waals surface area contributed by atoms with Gasteiger partial charge in [0.15, 0.2) is 5.43 Å². The van der Waals surface area contributed by atoms with Crippen molar-refractivity contribution in [2.24, 2.45) is 0 Å². The molecule has 1 nitrogen and oxygen atoms in total. The van der Waals surface area contributed by atoms with E-state index in [0.29, 0.717) is 5.92 Å². The Bertz CT molecular complexity index is 326. The van der Waals surface area contributed by atoms with Gasteiger partial charge in [0, 0.05) is 0 Å². The van der Waals surface area contributed by atoms with E-state index in [9.17, 15) is 4.79 Å². The third-order valence-electron chi connectivity index (χ3n) is 1.99. The molecule has 0 unspecified atom stereocenters. The second-order valence-corrected chi connectivity index (χ2v) is 3.37. The first-order valence-electron chi connectivity index (χ1n) is 4.22. The van der Waals surface area contributed by atoms with E-state index in [4.69, 9.17) is 0 Å². The van der Waals surface area contributed by atoms with Crippen LogP contribution in [-0.2, 0) is 0 Å². The van der Waals surface area contributed by atoms with Gasteiger partial charge in [-0.15, -0.1) is 0 Å². The summed E-state index contributed by atoms with van der Waals surface area (Å²) in [6.07, 6.45) is 0. The summed E-state index contributed by atoms with van der Waals surface area (Å²) in [6, 6.07) is 7.51. The van der Waals surface area contributed by atoms with Crippen LogP contribution in [0.4, 0.5) is 0 Å². The Kier molecular flexibility index (Phi) is 2.64. The lowest BCUT2D eigenvalue weighted by atomic mass is 10.1.